The lowest BCUT2D eigenvalue weighted by atomic mass is 9.78. The van der Waals surface area contributed by atoms with E-state index in [1.54, 1.807) is 6.92 Å². The largest absolute Gasteiger partial charge is 0.467 e. The number of ether oxygens (including phenoxy) is 1. The summed E-state index contributed by atoms with van der Waals surface area (Å²) in [6.45, 7) is 8.28. The molecular weight excluding hydrogens is 244 g/mol. The van der Waals surface area contributed by atoms with E-state index in [0.29, 0.717) is 0 Å². The summed E-state index contributed by atoms with van der Waals surface area (Å²) in [6.07, 6.45) is -0.877. The number of esters is 1. The molecule has 100 valence electrons. The molecule has 0 fully saturated rings. The van der Waals surface area contributed by atoms with Gasteiger partial charge < -0.3 is 9.84 Å². The zero-order valence-corrected chi connectivity index (χ0v) is 12.0. The zero-order chi connectivity index (χ0) is 14.0. The van der Waals surface area contributed by atoms with Crippen LogP contribution in [0.5, 0.6) is 0 Å². The Bertz CT molecular complexity index is 304. The number of alkyl halides is 1. The quantitative estimate of drug-likeness (QED) is 0.478. The van der Waals surface area contributed by atoms with Gasteiger partial charge in [0, 0.05) is 5.92 Å². The van der Waals surface area contributed by atoms with Crippen LogP contribution < -0.4 is 0 Å². The van der Waals surface area contributed by atoms with Gasteiger partial charge in [0.2, 0.25) is 0 Å². The highest BCUT2D eigenvalue weighted by atomic mass is 35.5. The van der Waals surface area contributed by atoms with Gasteiger partial charge in [-0.1, -0.05) is 39.3 Å². The van der Waals surface area contributed by atoms with Crippen molar-refractivity contribution in [3.63, 3.8) is 0 Å². The van der Waals surface area contributed by atoms with Crippen LogP contribution in [0, 0.1) is 11.3 Å². The lowest BCUT2D eigenvalue weighted by molar-refractivity contribution is -0.149. The van der Waals surface area contributed by atoms with Gasteiger partial charge in [0.15, 0.2) is 10.7 Å². The number of aliphatic hydroxyl groups excluding tert-OH is 1. The van der Waals surface area contributed by atoms with Gasteiger partial charge in [-0.25, -0.2) is 4.79 Å². The van der Waals surface area contributed by atoms with Crippen LogP contribution in [0.15, 0.2) is 0 Å². The summed E-state index contributed by atoms with van der Waals surface area (Å²) in [5.41, 5.74) is -0.460. The van der Waals surface area contributed by atoms with Crippen molar-refractivity contribution in [2.24, 2.45) is 11.3 Å². The van der Waals surface area contributed by atoms with Crippen molar-refractivity contribution in [1.82, 2.24) is 0 Å². The van der Waals surface area contributed by atoms with E-state index in [0.717, 1.165) is 0 Å². The molecule has 0 spiro atoms. The smallest absolute Gasteiger partial charge is 0.334 e. The van der Waals surface area contributed by atoms with E-state index in [9.17, 15) is 14.7 Å². The monoisotopic (exact) mass is 264 g/mol. The predicted molar refractivity (Wildman–Crippen MR) is 65.9 cm³/mol. The van der Waals surface area contributed by atoms with Crippen molar-refractivity contribution < 1.29 is 19.4 Å². The summed E-state index contributed by atoms with van der Waals surface area (Å²) in [4.78, 5) is 21.7. The molecule has 0 unspecified atom stereocenters. The molecule has 0 amide bonds. The van der Waals surface area contributed by atoms with E-state index in [1.165, 1.54) is 14.0 Å². The molecular formula is C12H21ClO4. The summed E-state index contributed by atoms with van der Waals surface area (Å²) in [5, 5.41) is 10.0. The Morgan fingerprint density at radius 1 is 1.24 bits per heavy atom. The summed E-state index contributed by atoms with van der Waals surface area (Å²) in [6, 6.07) is 0. The molecule has 4 nitrogen and oxygen atoms in total. The van der Waals surface area contributed by atoms with Gasteiger partial charge in [-0.3, -0.25) is 4.79 Å². The van der Waals surface area contributed by atoms with Crippen molar-refractivity contribution in [1.29, 1.82) is 0 Å². The first-order chi connectivity index (χ1) is 7.46. The van der Waals surface area contributed by atoms with Crippen LogP contribution in [-0.4, -0.2) is 34.9 Å². The van der Waals surface area contributed by atoms with Crippen LogP contribution in [0.2, 0.25) is 0 Å². The Kier molecular flexibility index (Phi) is 5.16. The van der Waals surface area contributed by atoms with E-state index in [-0.39, 0.29) is 0 Å². The number of hydrogen-bond donors (Lipinski definition) is 1. The summed E-state index contributed by atoms with van der Waals surface area (Å²) < 4.78 is 4.48. The van der Waals surface area contributed by atoms with E-state index in [2.05, 4.69) is 4.74 Å². The predicted octanol–water partition coefficient (Wildman–Crippen LogP) is 1.77. The van der Waals surface area contributed by atoms with Crippen molar-refractivity contribution in [2.75, 3.05) is 7.11 Å². The molecule has 5 heteroatoms. The normalized spacial score (nSPS) is 19.1. The Hall–Kier alpha value is -0.610. The molecule has 0 saturated carbocycles. The molecule has 0 aliphatic rings. The van der Waals surface area contributed by atoms with Gasteiger partial charge in [-0.15, -0.1) is 0 Å². The van der Waals surface area contributed by atoms with E-state index in [4.69, 9.17) is 11.6 Å². The summed E-state index contributed by atoms with van der Waals surface area (Å²) in [7, 11) is 1.17. The van der Waals surface area contributed by atoms with Crippen LogP contribution in [0.25, 0.3) is 0 Å². The molecule has 0 heterocycles. The number of methoxy groups -OCH3 is 1. The maximum atomic E-state index is 12.1. The number of halogens is 1. The Morgan fingerprint density at radius 3 is 1.94 bits per heavy atom. The fraction of sp³-hybridized carbons (Fsp3) is 0.833. The zero-order valence-electron chi connectivity index (χ0n) is 11.2. The summed E-state index contributed by atoms with van der Waals surface area (Å²) in [5.74, 6) is -2.08. The Balaban J connectivity index is 5.01. The average molecular weight is 265 g/mol. The van der Waals surface area contributed by atoms with Crippen molar-refractivity contribution >= 4 is 23.4 Å². The number of carbonyl (C=O) groups is 2. The van der Waals surface area contributed by atoms with Crippen LogP contribution in [0.3, 0.4) is 0 Å². The lowest BCUT2D eigenvalue weighted by Crippen LogP contribution is -2.47. The van der Waals surface area contributed by atoms with Crippen molar-refractivity contribution in [3.05, 3.63) is 0 Å². The number of Topliss-reactive ketones (excluding diaryl/α,β-unsaturated/α-hetero) is 1. The molecule has 1 N–H and O–H groups in total. The molecule has 0 rings (SSSR count). The number of aliphatic hydroxyl groups is 1. The highest BCUT2D eigenvalue weighted by Gasteiger charge is 2.46. The molecule has 0 aromatic rings. The van der Waals surface area contributed by atoms with Gasteiger partial charge in [0.25, 0.3) is 0 Å². The molecule has 0 bridgehead atoms. The molecule has 0 aliphatic carbocycles. The highest BCUT2D eigenvalue weighted by Crippen LogP contribution is 2.30. The molecule has 0 saturated heterocycles. The third-order valence-electron chi connectivity index (χ3n) is 2.81. The van der Waals surface area contributed by atoms with Gasteiger partial charge in [-0.2, -0.15) is 0 Å². The second-order valence-electron chi connectivity index (χ2n) is 5.46. The molecule has 0 radical (unpaired) electrons. The first kappa shape index (κ1) is 16.4. The molecule has 17 heavy (non-hydrogen) atoms. The van der Waals surface area contributed by atoms with Gasteiger partial charge >= 0.3 is 5.97 Å². The van der Waals surface area contributed by atoms with Gasteiger partial charge in [-0.05, 0) is 12.3 Å². The molecule has 0 aromatic heterocycles. The van der Waals surface area contributed by atoms with Crippen LogP contribution >= 0.6 is 11.6 Å². The standard InChI is InChI=1S/C12H21ClO4/c1-7(8(14)11(2,3)4)9(15)12(5,13)10(16)17-6/h7-8,14H,1-6H3/t7-,8-,12+/m0/s1. The van der Waals surface area contributed by atoms with Crippen molar-refractivity contribution in [3.8, 4) is 0 Å². The van der Waals surface area contributed by atoms with Gasteiger partial charge in [0.05, 0.1) is 13.2 Å². The van der Waals surface area contributed by atoms with Crippen LogP contribution in [0.1, 0.15) is 34.6 Å². The fourth-order valence-corrected chi connectivity index (χ4v) is 1.86. The van der Waals surface area contributed by atoms with E-state index >= 15 is 0 Å². The Labute approximate surface area is 107 Å². The first-order valence-corrected chi connectivity index (χ1v) is 5.83. The van der Waals surface area contributed by atoms with E-state index < -0.39 is 34.1 Å². The highest BCUT2D eigenvalue weighted by molar-refractivity contribution is 6.45. The Morgan fingerprint density at radius 2 is 1.65 bits per heavy atom. The fourth-order valence-electron chi connectivity index (χ4n) is 1.61. The molecule has 0 aliphatic heterocycles. The number of carbonyl (C=O) groups excluding carboxylic acids is 2. The number of hydrogen-bond acceptors (Lipinski definition) is 4. The topological polar surface area (TPSA) is 63.6 Å². The lowest BCUT2D eigenvalue weighted by Gasteiger charge is -2.32. The summed E-state index contributed by atoms with van der Waals surface area (Å²) >= 11 is 5.89. The average Bonchev–Trinajstić information content (AvgIpc) is 2.23. The third kappa shape index (κ3) is 3.68. The molecule has 3 atom stereocenters. The second-order valence-corrected chi connectivity index (χ2v) is 6.21. The minimum absolute atomic E-state index is 0.460. The number of rotatable bonds is 4. The first-order valence-electron chi connectivity index (χ1n) is 5.46. The minimum atomic E-state index is -1.75. The van der Waals surface area contributed by atoms with Gasteiger partial charge in [0.1, 0.15) is 0 Å². The van der Waals surface area contributed by atoms with Crippen LogP contribution in [0.4, 0.5) is 0 Å². The third-order valence-corrected chi connectivity index (χ3v) is 3.15. The minimum Gasteiger partial charge on any atom is -0.467 e. The van der Waals surface area contributed by atoms with Crippen molar-refractivity contribution in [2.45, 2.75) is 45.6 Å². The SMILES string of the molecule is COC(=O)[C@](C)(Cl)C(=O)[C@@H](C)[C@H](O)C(C)(C)C. The van der Waals surface area contributed by atoms with Crippen LogP contribution in [-0.2, 0) is 14.3 Å². The molecule has 0 aromatic carbocycles. The number of ketones is 1. The second kappa shape index (κ2) is 5.36. The maximum Gasteiger partial charge on any atom is 0.334 e. The van der Waals surface area contributed by atoms with E-state index in [1.807, 2.05) is 20.8 Å². The maximum absolute atomic E-state index is 12.1.